The minimum atomic E-state index is 0.452. The number of hydrogen-bond donors (Lipinski definition) is 2. The van der Waals surface area contributed by atoms with E-state index in [1.807, 2.05) is 13.0 Å². The Bertz CT molecular complexity index is 419. The standard InChI is InChI=1S/C15H24N2/c1-6-12-13(10(4)7-9(2)3)8-14(16)11(5)15(12)17/h6,8-10H,1,7,16-17H2,2-5H3. The van der Waals surface area contributed by atoms with E-state index in [1.165, 1.54) is 5.56 Å². The maximum Gasteiger partial charge on any atom is 0.0440 e. The lowest BCUT2D eigenvalue weighted by Gasteiger charge is -2.20. The van der Waals surface area contributed by atoms with E-state index in [0.29, 0.717) is 11.8 Å². The van der Waals surface area contributed by atoms with Crippen molar-refractivity contribution < 1.29 is 0 Å². The van der Waals surface area contributed by atoms with E-state index in [1.54, 1.807) is 0 Å². The summed E-state index contributed by atoms with van der Waals surface area (Å²) in [5.41, 5.74) is 16.9. The van der Waals surface area contributed by atoms with Gasteiger partial charge in [0.2, 0.25) is 0 Å². The molecule has 0 heterocycles. The van der Waals surface area contributed by atoms with Gasteiger partial charge in [0.05, 0.1) is 0 Å². The minimum absolute atomic E-state index is 0.452. The largest absolute Gasteiger partial charge is 0.398 e. The van der Waals surface area contributed by atoms with Crippen molar-refractivity contribution in [3.05, 3.63) is 29.3 Å². The van der Waals surface area contributed by atoms with E-state index in [0.717, 1.165) is 28.9 Å². The van der Waals surface area contributed by atoms with Crippen molar-refractivity contribution in [2.45, 2.75) is 40.0 Å². The van der Waals surface area contributed by atoms with Crippen molar-refractivity contribution in [2.75, 3.05) is 11.5 Å². The van der Waals surface area contributed by atoms with Crippen LogP contribution in [-0.4, -0.2) is 0 Å². The van der Waals surface area contributed by atoms with Crippen molar-refractivity contribution in [2.24, 2.45) is 5.92 Å². The maximum atomic E-state index is 6.11. The van der Waals surface area contributed by atoms with Crippen LogP contribution >= 0.6 is 0 Å². The van der Waals surface area contributed by atoms with Gasteiger partial charge in [-0.1, -0.05) is 33.4 Å². The van der Waals surface area contributed by atoms with Gasteiger partial charge in [0.1, 0.15) is 0 Å². The Kier molecular flexibility index (Phi) is 4.22. The molecule has 0 aromatic heterocycles. The average Bonchev–Trinajstić information content (AvgIpc) is 2.24. The second-order valence-corrected chi connectivity index (χ2v) is 5.24. The van der Waals surface area contributed by atoms with Crippen molar-refractivity contribution in [3.63, 3.8) is 0 Å². The molecule has 1 rings (SSSR count). The fourth-order valence-electron chi connectivity index (χ4n) is 2.34. The zero-order valence-electron chi connectivity index (χ0n) is 11.4. The number of anilines is 2. The lowest BCUT2D eigenvalue weighted by molar-refractivity contribution is 0.523. The summed E-state index contributed by atoms with van der Waals surface area (Å²) in [6.07, 6.45) is 2.97. The second kappa shape index (κ2) is 5.26. The first-order valence-electron chi connectivity index (χ1n) is 6.19. The minimum Gasteiger partial charge on any atom is -0.398 e. The molecule has 0 aliphatic carbocycles. The van der Waals surface area contributed by atoms with Crippen molar-refractivity contribution >= 4 is 17.5 Å². The summed E-state index contributed by atoms with van der Waals surface area (Å²) in [6, 6.07) is 2.05. The maximum absolute atomic E-state index is 6.11. The quantitative estimate of drug-likeness (QED) is 0.772. The molecular weight excluding hydrogens is 208 g/mol. The van der Waals surface area contributed by atoms with Gasteiger partial charge in [0.15, 0.2) is 0 Å². The Balaban J connectivity index is 3.27. The summed E-state index contributed by atoms with van der Waals surface area (Å²) >= 11 is 0. The molecule has 0 aliphatic heterocycles. The number of benzene rings is 1. The molecule has 0 saturated carbocycles. The lowest BCUT2D eigenvalue weighted by Crippen LogP contribution is -2.07. The normalized spacial score (nSPS) is 12.8. The Morgan fingerprint density at radius 2 is 1.88 bits per heavy atom. The molecule has 1 atom stereocenters. The van der Waals surface area contributed by atoms with Crippen LogP contribution in [0.25, 0.3) is 6.08 Å². The van der Waals surface area contributed by atoms with Crippen LogP contribution in [0.15, 0.2) is 12.6 Å². The summed E-state index contributed by atoms with van der Waals surface area (Å²) < 4.78 is 0. The monoisotopic (exact) mass is 232 g/mol. The van der Waals surface area contributed by atoms with Gasteiger partial charge < -0.3 is 11.5 Å². The summed E-state index contributed by atoms with van der Waals surface area (Å²) in [4.78, 5) is 0. The highest BCUT2D eigenvalue weighted by Crippen LogP contribution is 2.34. The van der Waals surface area contributed by atoms with Crippen molar-refractivity contribution in [1.29, 1.82) is 0 Å². The topological polar surface area (TPSA) is 52.0 Å². The third-order valence-electron chi connectivity index (χ3n) is 3.31. The molecule has 0 saturated heterocycles. The van der Waals surface area contributed by atoms with Crippen molar-refractivity contribution in [3.8, 4) is 0 Å². The van der Waals surface area contributed by atoms with E-state index in [2.05, 4.69) is 33.4 Å². The number of nitrogen functional groups attached to an aromatic ring is 2. The predicted octanol–water partition coefficient (Wildman–Crippen LogP) is 3.95. The van der Waals surface area contributed by atoms with Gasteiger partial charge in [-0.25, -0.2) is 0 Å². The summed E-state index contributed by atoms with van der Waals surface area (Å²) in [7, 11) is 0. The number of nitrogens with two attached hydrogens (primary N) is 2. The molecule has 17 heavy (non-hydrogen) atoms. The molecule has 0 aliphatic rings. The highest BCUT2D eigenvalue weighted by Gasteiger charge is 2.15. The van der Waals surface area contributed by atoms with Crippen LogP contribution in [-0.2, 0) is 0 Å². The van der Waals surface area contributed by atoms with Gasteiger partial charge in [-0.3, -0.25) is 0 Å². The van der Waals surface area contributed by atoms with E-state index < -0.39 is 0 Å². The highest BCUT2D eigenvalue weighted by atomic mass is 14.6. The summed E-state index contributed by atoms with van der Waals surface area (Å²) in [5.74, 6) is 1.11. The lowest BCUT2D eigenvalue weighted by atomic mass is 9.86. The van der Waals surface area contributed by atoms with Crippen LogP contribution < -0.4 is 11.5 Å². The van der Waals surface area contributed by atoms with Gasteiger partial charge >= 0.3 is 0 Å². The zero-order chi connectivity index (χ0) is 13.2. The third kappa shape index (κ3) is 2.82. The van der Waals surface area contributed by atoms with Crippen LogP contribution in [0.1, 0.15) is 49.8 Å². The molecule has 1 aromatic rings. The fourth-order valence-corrected chi connectivity index (χ4v) is 2.34. The van der Waals surface area contributed by atoms with E-state index in [-0.39, 0.29) is 0 Å². The Labute approximate surface area is 105 Å². The van der Waals surface area contributed by atoms with Crippen LogP contribution in [0, 0.1) is 12.8 Å². The average molecular weight is 232 g/mol. The number of hydrogen-bond acceptors (Lipinski definition) is 2. The van der Waals surface area contributed by atoms with E-state index in [4.69, 9.17) is 11.5 Å². The molecule has 0 radical (unpaired) electrons. The number of rotatable bonds is 4. The highest BCUT2D eigenvalue weighted by molar-refractivity contribution is 5.76. The second-order valence-electron chi connectivity index (χ2n) is 5.24. The first kappa shape index (κ1) is 13.6. The Morgan fingerprint density at radius 1 is 1.29 bits per heavy atom. The molecule has 2 heteroatoms. The molecular formula is C15H24N2. The molecule has 1 unspecified atom stereocenters. The van der Waals surface area contributed by atoms with E-state index >= 15 is 0 Å². The molecule has 0 spiro atoms. The van der Waals surface area contributed by atoms with E-state index in [9.17, 15) is 0 Å². The molecule has 0 amide bonds. The van der Waals surface area contributed by atoms with Gasteiger partial charge in [-0.05, 0) is 42.4 Å². The van der Waals surface area contributed by atoms with Gasteiger partial charge in [-0.15, -0.1) is 0 Å². The SMILES string of the molecule is C=Cc1c(C(C)CC(C)C)cc(N)c(C)c1N. The smallest absolute Gasteiger partial charge is 0.0440 e. The van der Waals surface area contributed by atoms with Gasteiger partial charge in [0.25, 0.3) is 0 Å². The Morgan fingerprint density at radius 3 is 2.35 bits per heavy atom. The Hall–Kier alpha value is -1.44. The molecule has 1 aromatic carbocycles. The molecule has 4 N–H and O–H groups in total. The van der Waals surface area contributed by atoms with Crippen molar-refractivity contribution in [1.82, 2.24) is 0 Å². The first-order chi connectivity index (χ1) is 7.88. The fraction of sp³-hybridized carbons (Fsp3) is 0.467. The van der Waals surface area contributed by atoms with Crippen LogP contribution in [0.3, 0.4) is 0 Å². The van der Waals surface area contributed by atoms with Crippen LogP contribution in [0.5, 0.6) is 0 Å². The zero-order valence-corrected chi connectivity index (χ0v) is 11.4. The molecule has 94 valence electrons. The summed E-state index contributed by atoms with van der Waals surface area (Å²) in [6.45, 7) is 12.5. The van der Waals surface area contributed by atoms with Gasteiger partial charge in [0, 0.05) is 16.9 Å². The summed E-state index contributed by atoms with van der Waals surface area (Å²) in [5, 5.41) is 0. The first-order valence-corrected chi connectivity index (χ1v) is 6.19. The molecule has 0 fully saturated rings. The van der Waals surface area contributed by atoms with Crippen LogP contribution in [0.4, 0.5) is 11.4 Å². The van der Waals surface area contributed by atoms with Gasteiger partial charge in [-0.2, -0.15) is 0 Å². The predicted molar refractivity (Wildman–Crippen MR) is 78.0 cm³/mol. The third-order valence-corrected chi connectivity index (χ3v) is 3.31. The molecule has 0 bridgehead atoms. The van der Waals surface area contributed by atoms with Crippen LogP contribution in [0.2, 0.25) is 0 Å². The molecule has 2 nitrogen and oxygen atoms in total.